The highest BCUT2D eigenvalue weighted by molar-refractivity contribution is 14.1. The van der Waals surface area contributed by atoms with Gasteiger partial charge in [-0.1, -0.05) is 56.0 Å². The van der Waals surface area contributed by atoms with Crippen molar-refractivity contribution in [3.8, 4) is 11.5 Å². The molecule has 5 heteroatoms. The van der Waals surface area contributed by atoms with E-state index >= 15 is 0 Å². The highest BCUT2D eigenvalue weighted by atomic mass is 127. The number of rotatable bonds is 3. The second kappa shape index (κ2) is 13.3. The Hall–Kier alpha value is -1.89. The van der Waals surface area contributed by atoms with Gasteiger partial charge in [-0.3, -0.25) is 4.99 Å². The summed E-state index contributed by atoms with van der Waals surface area (Å²) in [6.07, 6.45) is 3.32. The van der Waals surface area contributed by atoms with Gasteiger partial charge < -0.3 is 15.3 Å². The average Bonchev–Trinajstić information content (AvgIpc) is 3.03. The molecular weight excluding hydrogens is 463 g/mol. The van der Waals surface area contributed by atoms with Gasteiger partial charge in [0.05, 0.1) is 12.6 Å². The van der Waals surface area contributed by atoms with Crippen molar-refractivity contribution in [2.24, 2.45) is 4.99 Å². The van der Waals surface area contributed by atoms with Crippen LogP contribution in [-0.2, 0) is 6.54 Å². The van der Waals surface area contributed by atoms with E-state index in [0.717, 1.165) is 32.9 Å². The number of alkyl halides is 1. The molecule has 2 aromatic carbocycles. The quantitative estimate of drug-likeness (QED) is 0.287. The van der Waals surface area contributed by atoms with E-state index in [4.69, 9.17) is 15.3 Å². The molecular formula is C23H33IN2O2. The Kier molecular flexibility index (Phi) is 12.4. The zero-order chi connectivity index (χ0) is 20.4. The molecule has 0 saturated carbocycles. The third-order valence-corrected chi connectivity index (χ3v) is 3.40. The van der Waals surface area contributed by atoms with Crippen molar-refractivity contribution in [1.29, 1.82) is 5.41 Å². The van der Waals surface area contributed by atoms with Crippen LogP contribution in [-0.4, -0.2) is 27.6 Å². The lowest BCUT2D eigenvalue weighted by molar-refractivity contribution is 0.242. The smallest absolute Gasteiger partial charge is 0.120 e. The number of hydrogen-bond donors (Lipinski definition) is 2. The predicted octanol–water partition coefficient (Wildman–Crippen LogP) is 6.57. The molecule has 28 heavy (non-hydrogen) atoms. The Morgan fingerprint density at radius 2 is 1.79 bits per heavy atom. The number of phenols is 1. The van der Waals surface area contributed by atoms with Crippen LogP contribution >= 0.6 is 22.6 Å². The lowest BCUT2D eigenvalue weighted by atomic mass is 10.1. The van der Waals surface area contributed by atoms with Crippen LogP contribution in [0.4, 0.5) is 0 Å². The molecule has 1 aliphatic rings. The third kappa shape index (κ3) is 9.88. The molecule has 0 unspecified atom stereocenters. The van der Waals surface area contributed by atoms with Crippen molar-refractivity contribution < 1.29 is 9.84 Å². The summed E-state index contributed by atoms with van der Waals surface area (Å²) < 4.78 is 6.31. The van der Waals surface area contributed by atoms with Crippen LogP contribution in [0.1, 0.15) is 57.4 Å². The van der Waals surface area contributed by atoms with Gasteiger partial charge in [-0.15, -0.1) is 0 Å². The van der Waals surface area contributed by atoms with Gasteiger partial charge in [0.2, 0.25) is 0 Å². The molecule has 0 bridgehead atoms. The molecule has 0 aromatic heterocycles. The van der Waals surface area contributed by atoms with Crippen LogP contribution in [0.25, 0.3) is 0 Å². The molecule has 0 fully saturated rings. The lowest BCUT2D eigenvalue weighted by Gasteiger charge is -2.10. The number of aromatic hydroxyl groups is 1. The molecule has 1 heterocycles. The number of nitrogens with one attached hydrogen (secondary N) is 1. The number of fused-ring (bicyclic) bond motifs is 1. The Balaban J connectivity index is 0.000000433. The van der Waals surface area contributed by atoms with Crippen LogP contribution in [0.3, 0.4) is 0 Å². The normalized spacial score (nSPS) is 10.9. The summed E-state index contributed by atoms with van der Waals surface area (Å²) in [6.45, 7) is 11.0. The second-order valence-electron chi connectivity index (χ2n) is 6.70. The average molecular weight is 496 g/mol. The van der Waals surface area contributed by atoms with Crippen molar-refractivity contribution in [3.63, 3.8) is 0 Å². The van der Waals surface area contributed by atoms with Crippen LogP contribution in [0.5, 0.6) is 11.5 Å². The van der Waals surface area contributed by atoms with Crippen LogP contribution in [0, 0.1) is 12.3 Å². The predicted molar refractivity (Wildman–Crippen MR) is 130 cm³/mol. The van der Waals surface area contributed by atoms with Gasteiger partial charge >= 0.3 is 0 Å². The van der Waals surface area contributed by atoms with Gasteiger partial charge in [-0.25, -0.2) is 0 Å². The van der Waals surface area contributed by atoms with Crippen molar-refractivity contribution in [2.75, 3.05) is 0 Å². The molecule has 2 N–H and O–H groups in total. The molecule has 0 atom stereocenters. The Bertz CT molecular complexity index is 768. The van der Waals surface area contributed by atoms with Gasteiger partial charge in [0.1, 0.15) is 11.5 Å². The maximum Gasteiger partial charge on any atom is 0.120 e. The van der Waals surface area contributed by atoms with E-state index in [-0.39, 0.29) is 13.5 Å². The highest BCUT2D eigenvalue weighted by Crippen LogP contribution is 2.19. The number of ether oxygens (including phenoxy) is 1. The molecule has 0 radical (unpaired) electrons. The van der Waals surface area contributed by atoms with E-state index in [1.54, 1.807) is 18.3 Å². The van der Waals surface area contributed by atoms with Crippen molar-refractivity contribution in [3.05, 3.63) is 58.7 Å². The number of aliphatic imine (C=N–C) groups is 1. The second-order valence-corrected chi connectivity index (χ2v) is 9.19. The fourth-order valence-electron chi connectivity index (χ4n) is 2.21. The highest BCUT2D eigenvalue weighted by Gasteiger charge is 2.04. The molecule has 0 amide bonds. The minimum Gasteiger partial charge on any atom is -0.508 e. The number of halogens is 1. The minimum absolute atomic E-state index is 0. The summed E-state index contributed by atoms with van der Waals surface area (Å²) in [7, 11) is 0. The first-order valence-corrected chi connectivity index (χ1v) is 10.2. The van der Waals surface area contributed by atoms with Crippen LogP contribution in [0.2, 0.25) is 0 Å². The summed E-state index contributed by atoms with van der Waals surface area (Å²) in [4.78, 5) is 4.06. The zero-order valence-corrected chi connectivity index (χ0v) is 18.8. The molecule has 4 nitrogen and oxygen atoms in total. The fourth-order valence-corrected chi connectivity index (χ4v) is 2.21. The van der Waals surface area contributed by atoms with Crippen LogP contribution in [0.15, 0.2) is 41.4 Å². The fraction of sp³-hybridized carbons (Fsp3) is 0.391. The standard InChI is InChI=1S/C11H15NO.C8H7NO.C3H7I.CH4/c1-8(2)13-11-5-4-9(3)10(6-11)7-12;10-8-2-1-6-4-9-5-7(6)3-8;1-3(2)4;/h4-8,12H,1-3H3;1-3,5,10H,4H2;3H,1-2H3;1H4. The summed E-state index contributed by atoms with van der Waals surface area (Å²) in [5.41, 5.74) is 4.25. The Morgan fingerprint density at radius 3 is 2.36 bits per heavy atom. The van der Waals surface area contributed by atoms with E-state index in [2.05, 4.69) is 41.4 Å². The zero-order valence-electron chi connectivity index (χ0n) is 16.7. The van der Waals surface area contributed by atoms with Crippen molar-refractivity contribution in [2.45, 2.75) is 58.6 Å². The molecule has 3 rings (SSSR count). The van der Waals surface area contributed by atoms with Gasteiger partial charge in [-0.2, -0.15) is 0 Å². The molecule has 154 valence electrons. The molecule has 0 aliphatic carbocycles. The summed E-state index contributed by atoms with van der Waals surface area (Å²) in [6, 6.07) is 11.1. The van der Waals surface area contributed by atoms with E-state index < -0.39 is 0 Å². The summed E-state index contributed by atoms with van der Waals surface area (Å²) in [5, 5.41) is 16.2. The third-order valence-electron chi connectivity index (χ3n) is 3.40. The first kappa shape index (κ1) is 26.1. The van der Waals surface area contributed by atoms with E-state index in [1.165, 1.54) is 11.8 Å². The monoisotopic (exact) mass is 496 g/mol. The number of nitrogens with zero attached hydrogens (tertiary/aromatic N) is 1. The summed E-state index contributed by atoms with van der Waals surface area (Å²) >= 11 is 2.34. The SMILES string of the molecule is C.CC(C)I.Cc1ccc(OC(C)C)cc1C=N.Oc1ccc2c(c1)C=NC2. The summed E-state index contributed by atoms with van der Waals surface area (Å²) in [5.74, 6) is 1.14. The first-order chi connectivity index (χ1) is 12.7. The maximum atomic E-state index is 9.03. The van der Waals surface area contributed by atoms with E-state index in [9.17, 15) is 0 Å². The van der Waals surface area contributed by atoms with Crippen LogP contribution < -0.4 is 4.74 Å². The number of phenolic OH excluding ortho intramolecular Hbond substituents is 1. The number of benzene rings is 2. The Labute approximate surface area is 183 Å². The van der Waals surface area contributed by atoms with Gasteiger partial charge in [0, 0.05) is 21.9 Å². The van der Waals surface area contributed by atoms with Crippen molar-refractivity contribution in [1.82, 2.24) is 0 Å². The lowest BCUT2D eigenvalue weighted by Crippen LogP contribution is -2.05. The van der Waals surface area contributed by atoms with Gasteiger partial charge in [0.15, 0.2) is 0 Å². The first-order valence-electron chi connectivity index (χ1n) is 8.96. The number of aryl methyl sites for hydroxylation is 1. The Morgan fingerprint density at radius 1 is 1.14 bits per heavy atom. The van der Waals surface area contributed by atoms with Gasteiger partial charge in [0.25, 0.3) is 0 Å². The maximum absolute atomic E-state index is 9.03. The molecule has 1 aliphatic heterocycles. The molecule has 2 aromatic rings. The minimum atomic E-state index is 0. The van der Waals surface area contributed by atoms with Gasteiger partial charge in [-0.05, 0) is 61.7 Å². The number of hydrogen-bond acceptors (Lipinski definition) is 4. The van der Waals surface area contributed by atoms with E-state index in [1.807, 2.05) is 45.0 Å². The molecule has 0 spiro atoms. The van der Waals surface area contributed by atoms with E-state index in [0.29, 0.717) is 5.75 Å². The van der Waals surface area contributed by atoms with Crippen molar-refractivity contribution >= 4 is 35.0 Å². The largest absolute Gasteiger partial charge is 0.508 e. The topological polar surface area (TPSA) is 65.7 Å². The molecule has 0 saturated heterocycles.